The summed E-state index contributed by atoms with van der Waals surface area (Å²) in [5.41, 5.74) is 0. The summed E-state index contributed by atoms with van der Waals surface area (Å²) >= 11 is 0. The quantitative estimate of drug-likeness (QED) is 0.411. The minimum atomic E-state index is 1.19. The Kier molecular flexibility index (Phi) is 0.843. The van der Waals surface area contributed by atoms with E-state index in [2.05, 4.69) is 25.7 Å². The van der Waals surface area contributed by atoms with Crippen LogP contribution in [0.5, 0.6) is 0 Å². The smallest absolute Gasteiger partial charge is 0.0559 e. The molecule has 1 heterocycles. The van der Waals surface area contributed by atoms with Crippen LogP contribution in [0.4, 0.5) is 0 Å². The summed E-state index contributed by atoms with van der Waals surface area (Å²) in [7, 11) is 0. The van der Waals surface area contributed by atoms with Crippen molar-refractivity contribution < 1.29 is 4.90 Å². The molecule has 1 aliphatic heterocycles. The number of quaternary nitrogens is 1. The van der Waals surface area contributed by atoms with Gasteiger partial charge in [-0.25, -0.2) is 0 Å². The molecule has 0 aromatic heterocycles. The molecule has 6 heavy (non-hydrogen) atoms. The van der Waals surface area contributed by atoms with Crippen molar-refractivity contribution in [2.75, 3.05) is 6.54 Å². The second-order valence-corrected chi connectivity index (χ2v) is 1.45. The van der Waals surface area contributed by atoms with E-state index in [0.717, 1.165) is 0 Å². The van der Waals surface area contributed by atoms with E-state index in [0.29, 0.717) is 0 Å². The van der Waals surface area contributed by atoms with Crippen LogP contribution in [-0.2, 0) is 0 Å². The van der Waals surface area contributed by atoms with Gasteiger partial charge < -0.3 is 4.90 Å². The van der Waals surface area contributed by atoms with Gasteiger partial charge in [0.05, 0.1) is 6.54 Å². The Morgan fingerprint density at radius 3 is 2.50 bits per heavy atom. The van der Waals surface area contributed by atoms with Gasteiger partial charge in [-0.3, -0.25) is 0 Å². The fraction of sp³-hybridized carbons (Fsp3) is 0.400. The Bertz CT molecular complexity index is 66.3. The first-order valence-electron chi connectivity index (χ1n) is 2.30. The zero-order valence-electron chi connectivity index (χ0n) is 3.94. The third-order valence-corrected chi connectivity index (χ3v) is 1.03. The van der Waals surface area contributed by atoms with Gasteiger partial charge in [-0.2, -0.15) is 0 Å². The fourth-order valence-electron chi connectivity index (χ4n) is 0.468. The van der Waals surface area contributed by atoms with Crippen molar-refractivity contribution in [1.82, 2.24) is 0 Å². The van der Waals surface area contributed by atoms with Crippen LogP contribution >= 0.6 is 0 Å². The predicted octanol–water partition coefficient (Wildman–Crippen LogP) is -0.420. The third-order valence-electron chi connectivity index (χ3n) is 1.03. The summed E-state index contributed by atoms with van der Waals surface area (Å²) in [6.07, 6.45) is 4.21. The molecular formula is C5H9N. The van der Waals surface area contributed by atoms with E-state index in [1.54, 1.807) is 0 Å². The maximum absolute atomic E-state index is 2.16. The molecule has 0 aliphatic carbocycles. The molecule has 0 amide bonds. The maximum atomic E-state index is 2.16. The SMILES string of the molecule is CC[NH+]1C=C[CH-]1. The van der Waals surface area contributed by atoms with E-state index < -0.39 is 0 Å². The van der Waals surface area contributed by atoms with Gasteiger partial charge in [0, 0.05) is 0 Å². The van der Waals surface area contributed by atoms with E-state index in [1.807, 2.05) is 0 Å². The summed E-state index contributed by atoms with van der Waals surface area (Å²) in [4.78, 5) is 1.47. The van der Waals surface area contributed by atoms with Crippen LogP contribution in [0.2, 0.25) is 0 Å². The third kappa shape index (κ3) is 0.411. The van der Waals surface area contributed by atoms with E-state index in [9.17, 15) is 0 Å². The Balaban J connectivity index is 2.21. The van der Waals surface area contributed by atoms with Crippen molar-refractivity contribution in [2.24, 2.45) is 0 Å². The summed E-state index contributed by atoms with van der Waals surface area (Å²) in [6, 6.07) is 0. The lowest BCUT2D eigenvalue weighted by atomic mass is 10.4. The van der Waals surface area contributed by atoms with Crippen molar-refractivity contribution in [3.05, 3.63) is 18.8 Å². The fourth-order valence-corrected chi connectivity index (χ4v) is 0.468. The molecule has 1 unspecified atom stereocenters. The second kappa shape index (κ2) is 1.35. The summed E-state index contributed by atoms with van der Waals surface area (Å²) in [6.45, 7) is 5.49. The molecule has 1 N–H and O–H groups in total. The lowest BCUT2D eigenvalue weighted by molar-refractivity contribution is -0.823. The highest BCUT2D eigenvalue weighted by Gasteiger charge is 1.92. The highest BCUT2D eigenvalue weighted by molar-refractivity contribution is 4.90. The summed E-state index contributed by atoms with van der Waals surface area (Å²) in [5.74, 6) is 0. The minimum Gasteiger partial charge on any atom is -0.425 e. The van der Waals surface area contributed by atoms with Crippen LogP contribution in [0.3, 0.4) is 0 Å². The van der Waals surface area contributed by atoms with Crippen LogP contribution in [0.1, 0.15) is 6.92 Å². The van der Waals surface area contributed by atoms with Gasteiger partial charge in [0.25, 0.3) is 0 Å². The van der Waals surface area contributed by atoms with Crippen LogP contribution in [-0.4, -0.2) is 6.54 Å². The normalized spacial score (nSPS) is 28.5. The molecular weight excluding hydrogens is 74.1 g/mol. The van der Waals surface area contributed by atoms with Crippen LogP contribution < -0.4 is 4.90 Å². The van der Waals surface area contributed by atoms with Gasteiger partial charge in [-0.15, -0.1) is 6.08 Å². The van der Waals surface area contributed by atoms with Crippen LogP contribution in [0.25, 0.3) is 0 Å². The van der Waals surface area contributed by atoms with Gasteiger partial charge in [0.2, 0.25) is 0 Å². The molecule has 1 aliphatic rings. The largest absolute Gasteiger partial charge is 0.425 e. The molecule has 0 aromatic carbocycles. The Hall–Kier alpha value is -0.430. The maximum Gasteiger partial charge on any atom is 0.0559 e. The van der Waals surface area contributed by atoms with E-state index in [1.165, 1.54) is 11.4 Å². The zero-order valence-corrected chi connectivity index (χ0v) is 3.94. The molecule has 34 valence electrons. The minimum absolute atomic E-state index is 1.19. The highest BCUT2D eigenvalue weighted by atomic mass is 15.1. The van der Waals surface area contributed by atoms with Crippen LogP contribution in [0.15, 0.2) is 12.3 Å². The topological polar surface area (TPSA) is 4.44 Å². The average Bonchev–Trinajstić information content (AvgIpc) is 1.31. The summed E-state index contributed by atoms with van der Waals surface area (Å²) in [5, 5.41) is 0. The van der Waals surface area contributed by atoms with E-state index in [-0.39, 0.29) is 0 Å². The number of hydrogen-bond donors (Lipinski definition) is 1. The standard InChI is InChI=1S/C5H9N/c1-2-6-4-3-5-6/h3-6H,2H2,1H3. The Labute approximate surface area is 38.3 Å². The molecule has 0 spiro atoms. The predicted molar refractivity (Wildman–Crippen MR) is 24.9 cm³/mol. The molecule has 0 fully saturated rings. The van der Waals surface area contributed by atoms with Crippen LogP contribution in [0, 0.1) is 6.54 Å². The number of rotatable bonds is 1. The lowest BCUT2D eigenvalue weighted by Gasteiger charge is -2.27. The molecule has 0 bridgehead atoms. The van der Waals surface area contributed by atoms with Gasteiger partial charge in [0.15, 0.2) is 0 Å². The summed E-state index contributed by atoms with van der Waals surface area (Å²) < 4.78 is 0. The molecule has 0 saturated carbocycles. The van der Waals surface area contributed by atoms with Crippen molar-refractivity contribution in [2.45, 2.75) is 6.92 Å². The van der Waals surface area contributed by atoms with Crippen molar-refractivity contribution in [3.8, 4) is 0 Å². The number of nitrogens with one attached hydrogen (secondary N) is 1. The van der Waals surface area contributed by atoms with Gasteiger partial charge in [-0.05, 0) is 6.92 Å². The van der Waals surface area contributed by atoms with Crippen molar-refractivity contribution >= 4 is 0 Å². The molecule has 0 aromatic rings. The first-order valence-corrected chi connectivity index (χ1v) is 2.30. The monoisotopic (exact) mass is 83.1 g/mol. The second-order valence-electron chi connectivity index (χ2n) is 1.45. The zero-order chi connectivity index (χ0) is 4.41. The number of hydrogen-bond acceptors (Lipinski definition) is 0. The van der Waals surface area contributed by atoms with E-state index in [4.69, 9.17) is 0 Å². The average molecular weight is 83.1 g/mol. The molecule has 0 radical (unpaired) electrons. The van der Waals surface area contributed by atoms with Crippen molar-refractivity contribution in [1.29, 1.82) is 0 Å². The van der Waals surface area contributed by atoms with Gasteiger partial charge in [0.1, 0.15) is 0 Å². The Morgan fingerprint density at radius 1 is 1.83 bits per heavy atom. The first-order chi connectivity index (χ1) is 2.93. The van der Waals surface area contributed by atoms with Gasteiger partial charge >= 0.3 is 0 Å². The first kappa shape index (κ1) is 3.75. The molecule has 1 heteroatoms. The highest BCUT2D eigenvalue weighted by Crippen LogP contribution is 1.74. The molecule has 0 saturated heterocycles. The Morgan fingerprint density at radius 2 is 2.50 bits per heavy atom. The molecule has 1 atom stereocenters. The van der Waals surface area contributed by atoms with E-state index >= 15 is 0 Å². The molecule has 1 nitrogen and oxygen atoms in total. The lowest BCUT2D eigenvalue weighted by Crippen LogP contribution is -3.07. The van der Waals surface area contributed by atoms with Crippen molar-refractivity contribution in [3.63, 3.8) is 0 Å². The van der Waals surface area contributed by atoms with Gasteiger partial charge in [-0.1, -0.05) is 12.7 Å². The molecule has 1 rings (SSSR count). The number of likely N-dealkylation sites (N-methyl/N-ethyl adjacent to an activating group) is 1.